The molecule has 1 aromatic carbocycles. The fraction of sp³-hybridized carbons (Fsp3) is 0.680. The summed E-state index contributed by atoms with van der Waals surface area (Å²) in [5.74, 6) is 0.462. The number of carbonyl (C=O) groups is 2. The minimum atomic E-state index is -0.226. The van der Waals surface area contributed by atoms with E-state index in [1.807, 2.05) is 11.0 Å². The molecule has 3 fully saturated rings. The first-order chi connectivity index (χ1) is 15.2. The Bertz CT molecular complexity index is 859. The molecule has 2 aliphatic carbocycles. The summed E-state index contributed by atoms with van der Waals surface area (Å²) >= 11 is 0. The van der Waals surface area contributed by atoms with Crippen molar-refractivity contribution in [2.75, 3.05) is 47.8 Å². The number of benzene rings is 1. The molecule has 6 nitrogen and oxygen atoms in total. The molecule has 2 saturated carbocycles. The van der Waals surface area contributed by atoms with Crippen LogP contribution in [0.25, 0.3) is 0 Å². The topological polar surface area (TPSA) is 47.1 Å². The van der Waals surface area contributed by atoms with Crippen molar-refractivity contribution in [3.8, 4) is 0 Å². The average molecular weight is 445 g/mol. The number of amides is 3. The molecule has 1 aliphatic heterocycles. The van der Waals surface area contributed by atoms with Crippen molar-refractivity contribution in [3.63, 3.8) is 0 Å². The first-order valence-corrected chi connectivity index (χ1v) is 11.9. The number of hydrogen-bond donors (Lipinski definition) is 0. The van der Waals surface area contributed by atoms with E-state index in [9.17, 15) is 14.0 Å². The molecular weight excluding hydrogens is 407 g/mol. The molecule has 3 amide bonds. The lowest BCUT2D eigenvalue weighted by molar-refractivity contribution is -0.128. The summed E-state index contributed by atoms with van der Waals surface area (Å²) in [7, 11) is 7.65. The van der Waals surface area contributed by atoms with Crippen molar-refractivity contribution in [1.82, 2.24) is 19.6 Å². The van der Waals surface area contributed by atoms with Crippen LogP contribution >= 0.6 is 0 Å². The van der Waals surface area contributed by atoms with Gasteiger partial charge in [0.1, 0.15) is 5.82 Å². The second-order valence-electron chi connectivity index (χ2n) is 10.5. The van der Waals surface area contributed by atoms with E-state index in [2.05, 4.69) is 23.9 Å². The van der Waals surface area contributed by atoms with Gasteiger partial charge in [-0.15, -0.1) is 0 Å². The first-order valence-electron chi connectivity index (χ1n) is 11.9. The molecule has 0 bridgehead atoms. The molecule has 1 heterocycles. The Morgan fingerprint density at radius 3 is 2.38 bits per heavy atom. The van der Waals surface area contributed by atoms with Crippen LogP contribution in [0, 0.1) is 11.7 Å². The highest BCUT2D eigenvalue weighted by atomic mass is 19.1. The van der Waals surface area contributed by atoms with Gasteiger partial charge in [-0.2, -0.15) is 0 Å². The Kier molecular flexibility index (Phi) is 6.23. The molecule has 1 spiro atoms. The van der Waals surface area contributed by atoms with Gasteiger partial charge in [0.05, 0.1) is 5.54 Å². The number of urea groups is 1. The van der Waals surface area contributed by atoms with Crippen molar-refractivity contribution in [2.45, 2.75) is 56.0 Å². The van der Waals surface area contributed by atoms with Crippen molar-refractivity contribution in [2.24, 2.45) is 5.92 Å². The van der Waals surface area contributed by atoms with Crippen LogP contribution in [0.4, 0.5) is 9.18 Å². The Morgan fingerprint density at radius 2 is 1.81 bits per heavy atom. The van der Waals surface area contributed by atoms with Crippen molar-refractivity contribution in [3.05, 3.63) is 35.6 Å². The van der Waals surface area contributed by atoms with E-state index in [4.69, 9.17) is 0 Å². The second kappa shape index (κ2) is 8.65. The lowest BCUT2D eigenvalue weighted by atomic mass is 9.68. The fourth-order valence-electron chi connectivity index (χ4n) is 5.67. The zero-order chi connectivity index (χ0) is 23.1. The van der Waals surface area contributed by atoms with Crippen molar-refractivity contribution in [1.29, 1.82) is 0 Å². The number of hydrogen-bond acceptors (Lipinski definition) is 3. The van der Waals surface area contributed by atoms with E-state index in [-0.39, 0.29) is 28.8 Å². The van der Waals surface area contributed by atoms with Crippen LogP contribution < -0.4 is 0 Å². The predicted molar refractivity (Wildman–Crippen MR) is 123 cm³/mol. The fourth-order valence-corrected chi connectivity index (χ4v) is 5.67. The van der Waals surface area contributed by atoms with E-state index >= 15 is 0 Å². The van der Waals surface area contributed by atoms with E-state index in [1.165, 1.54) is 18.9 Å². The zero-order valence-corrected chi connectivity index (χ0v) is 19.9. The van der Waals surface area contributed by atoms with Crippen LogP contribution in [0.15, 0.2) is 24.3 Å². The van der Waals surface area contributed by atoms with Gasteiger partial charge in [0, 0.05) is 45.7 Å². The normalized spacial score (nSPS) is 28.1. The molecule has 3 aliphatic rings. The minimum absolute atomic E-state index is 0.0499. The zero-order valence-electron chi connectivity index (χ0n) is 19.9. The number of halogens is 1. The maximum absolute atomic E-state index is 14.1. The van der Waals surface area contributed by atoms with Crippen LogP contribution in [0.3, 0.4) is 0 Å². The average Bonchev–Trinajstić information content (AvgIpc) is 3.54. The van der Waals surface area contributed by atoms with Gasteiger partial charge in [-0.3, -0.25) is 9.69 Å². The van der Waals surface area contributed by atoms with Gasteiger partial charge in [-0.1, -0.05) is 12.1 Å². The molecule has 0 aromatic heterocycles. The SMILES string of the molecule is CN(C)C(=O)CCN1C[C@]2(CC[C@@](c3cccc(F)c3)(N(C)C)CC2)N(CC2CC2)C1=O. The largest absolute Gasteiger partial charge is 0.349 e. The summed E-state index contributed by atoms with van der Waals surface area (Å²) in [5.41, 5.74) is 0.604. The maximum Gasteiger partial charge on any atom is 0.320 e. The number of nitrogens with zero attached hydrogens (tertiary/aromatic N) is 4. The molecule has 176 valence electrons. The van der Waals surface area contributed by atoms with E-state index in [0.717, 1.165) is 37.8 Å². The highest BCUT2D eigenvalue weighted by molar-refractivity contribution is 5.80. The molecule has 4 rings (SSSR count). The third-order valence-electron chi connectivity index (χ3n) is 8.02. The quantitative estimate of drug-likeness (QED) is 0.647. The maximum atomic E-state index is 14.1. The Morgan fingerprint density at radius 1 is 1.12 bits per heavy atom. The van der Waals surface area contributed by atoms with Crippen LogP contribution in [-0.4, -0.2) is 84.9 Å². The Balaban J connectivity index is 1.55. The van der Waals surface area contributed by atoms with Crippen LogP contribution in [-0.2, 0) is 10.3 Å². The van der Waals surface area contributed by atoms with Crippen LogP contribution in [0.5, 0.6) is 0 Å². The molecule has 1 aromatic rings. The summed E-state index contributed by atoms with van der Waals surface area (Å²) in [4.78, 5) is 33.4. The van der Waals surface area contributed by atoms with Gasteiger partial charge in [-0.05, 0) is 76.2 Å². The lowest BCUT2D eigenvalue weighted by Crippen LogP contribution is -2.55. The van der Waals surface area contributed by atoms with Gasteiger partial charge >= 0.3 is 6.03 Å². The van der Waals surface area contributed by atoms with E-state index in [0.29, 0.717) is 25.4 Å². The summed E-state index contributed by atoms with van der Waals surface area (Å²) in [5, 5.41) is 0. The smallest absolute Gasteiger partial charge is 0.320 e. The molecular formula is C25H37FN4O2. The predicted octanol–water partition coefficient (Wildman–Crippen LogP) is 3.52. The lowest BCUT2D eigenvalue weighted by Gasteiger charge is -2.51. The highest BCUT2D eigenvalue weighted by Crippen LogP contribution is 2.50. The standard InChI is InChI=1S/C25H37FN4O2/c1-27(2)22(31)10-15-29-18-24(30(23(29)32)17-19-8-9-19)11-13-25(14-12-24,28(3)4)20-6-5-7-21(26)16-20/h5-7,16,19H,8-15,17-18H2,1-4H3/t24-,25-. The molecule has 0 atom stereocenters. The summed E-state index contributed by atoms with van der Waals surface area (Å²) in [6, 6.07) is 7.08. The third kappa shape index (κ3) is 4.24. The molecule has 0 N–H and O–H groups in total. The van der Waals surface area contributed by atoms with Gasteiger partial charge in [0.15, 0.2) is 0 Å². The van der Waals surface area contributed by atoms with Crippen LogP contribution in [0.2, 0.25) is 0 Å². The molecule has 0 unspecified atom stereocenters. The van der Waals surface area contributed by atoms with E-state index < -0.39 is 0 Å². The second-order valence-corrected chi connectivity index (χ2v) is 10.5. The molecule has 0 radical (unpaired) electrons. The van der Waals surface area contributed by atoms with Crippen LogP contribution in [0.1, 0.15) is 50.5 Å². The third-order valence-corrected chi connectivity index (χ3v) is 8.02. The monoisotopic (exact) mass is 444 g/mol. The molecule has 32 heavy (non-hydrogen) atoms. The highest BCUT2D eigenvalue weighted by Gasteiger charge is 2.55. The summed E-state index contributed by atoms with van der Waals surface area (Å²) in [6.07, 6.45) is 6.28. The van der Waals surface area contributed by atoms with Gasteiger partial charge in [-0.25, -0.2) is 9.18 Å². The van der Waals surface area contributed by atoms with E-state index in [1.54, 1.807) is 31.1 Å². The van der Waals surface area contributed by atoms with Gasteiger partial charge in [0.25, 0.3) is 0 Å². The minimum Gasteiger partial charge on any atom is -0.349 e. The molecule has 7 heteroatoms. The Labute approximate surface area is 191 Å². The first kappa shape index (κ1) is 23.0. The number of carbonyl (C=O) groups excluding carboxylic acids is 2. The summed E-state index contributed by atoms with van der Waals surface area (Å²) in [6.45, 7) is 1.99. The molecule has 1 saturated heterocycles. The Hall–Kier alpha value is -2.15. The van der Waals surface area contributed by atoms with Crippen molar-refractivity contribution >= 4 is 11.9 Å². The van der Waals surface area contributed by atoms with Gasteiger partial charge < -0.3 is 14.7 Å². The van der Waals surface area contributed by atoms with Crippen molar-refractivity contribution < 1.29 is 14.0 Å². The van der Waals surface area contributed by atoms with Gasteiger partial charge in [0.2, 0.25) is 5.91 Å². The summed E-state index contributed by atoms with van der Waals surface area (Å²) < 4.78 is 14.1. The number of rotatable bonds is 7.